The third-order valence-electron chi connectivity index (χ3n) is 6.33. The van der Waals surface area contributed by atoms with E-state index in [2.05, 4.69) is 5.32 Å². The first kappa shape index (κ1) is 32.0. The van der Waals surface area contributed by atoms with E-state index in [1.165, 1.54) is 0 Å². The summed E-state index contributed by atoms with van der Waals surface area (Å²) < 4.78 is 38.4. The van der Waals surface area contributed by atoms with E-state index in [9.17, 15) is 44.8 Å². The molecule has 10 unspecified atom stereocenters. The van der Waals surface area contributed by atoms with E-state index in [1.54, 1.807) is 6.92 Å². The van der Waals surface area contributed by atoms with Crippen molar-refractivity contribution in [2.75, 3.05) is 37.8 Å². The Balaban J connectivity index is 1.68. The van der Waals surface area contributed by atoms with E-state index < -0.39 is 99.1 Å². The number of aliphatic hydroxyl groups is 6. The van der Waals surface area contributed by atoms with E-state index in [0.29, 0.717) is 0 Å². The molecule has 9 N–H and O–H groups in total. The van der Waals surface area contributed by atoms with E-state index in [0.717, 1.165) is 0 Å². The van der Waals surface area contributed by atoms with Gasteiger partial charge in [-0.3, -0.25) is 14.2 Å². The molecule has 3 rings (SSSR count). The highest BCUT2D eigenvalue weighted by atomic mass is 31.2. The first-order chi connectivity index (χ1) is 18.3. The van der Waals surface area contributed by atoms with Gasteiger partial charge in [0.2, 0.25) is 0 Å². The number of hydrogen-bond acceptors (Lipinski definition) is 15. The quantitative estimate of drug-likeness (QED) is 0.0596. The highest BCUT2D eigenvalue weighted by Crippen LogP contribution is 2.38. The van der Waals surface area contributed by atoms with Crippen molar-refractivity contribution in [3.8, 4) is 5.75 Å². The van der Waals surface area contributed by atoms with Gasteiger partial charge in [0.05, 0.1) is 32.1 Å². The lowest BCUT2D eigenvalue weighted by Gasteiger charge is -2.46. The molecule has 1 aromatic carbocycles. The van der Waals surface area contributed by atoms with Crippen LogP contribution in [0.3, 0.4) is 0 Å². The molecule has 0 amide bonds. The van der Waals surface area contributed by atoms with E-state index >= 15 is 0 Å². The van der Waals surface area contributed by atoms with E-state index in [-0.39, 0.29) is 31.2 Å². The molecule has 17 nitrogen and oxygen atoms in total. The van der Waals surface area contributed by atoms with Crippen LogP contribution in [0.15, 0.2) is 9.59 Å². The third-order valence-corrected chi connectivity index (χ3v) is 7.17. The molecule has 39 heavy (non-hydrogen) atoms. The van der Waals surface area contributed by atoms with Crippen molar-refractivity contribution in [2.45, 2.75) is 74.8 Å². The van der Waals surface area contributed by atoms with Crippen LogP contribution < -0.4 is 20.9 Å². The number of rotatable bonds is 13. The van der Waals surface area contributed by atoms with Crippen molar-refractivity contribution < 1.29 is 68.7 Å². The summed E-state index contributed by atoms with van der Waals surface area (Å²) in [5.74, 6) is -0.117. The smallest absolute Gasteiger partial charge is 0.325 e. The molecule has 2 saturated heterocycles. The molecule has 0 aromatic heterocycles. The molecule has 1 aromatic rings. The maximum atomic E-state index is 11.7. The second-order valence-corrected chi connectivity index (χ2v) is 10.9. The molecule has 0 spiro atoms. The van der Waals surface area contributed by atoms with Crippen molar-refractivity contribution in [3.63, 3.8) is 0 Å². The zero-order valence-electron chi connectivity index (χ0n) is 20.8. The van der Waals surface area contributed by atoms with E-state index in [1.807, 2.05) is 0 Å². The van der Waals surface area contributed by atoms with Crippen LogP contribution in [0, 0.1) is 0 Å². The Labute approximate surface area is 221 Å². The summed E-state index contributed by atoms with van der Waals surface area (Å²) >= 11 is 0. The fourth-order valence-corrected chi connectivity index (χ4v) is 4.81. The summed E-state index contributed by atoms with van der Waals surface area (Å²) in [6.45, 7) is 0.791. The highest BCUT2D eigenvalue weighted by molar-refractivity contribution is 7.51. The number of hydrogen-bond donors (Lipinski definition) is 9. The van der Waals surface area contributed by atoms with Crippen molar-refractivity contribution in [1.29, 1.82) is 0 Å². The summed E-state index contributed by atoms with van der Waals surface area (Å²) in [6, 6.07) is 0. The molecule has 0 saturated carbocycles. The van der Waals surface area contributed by atoms with Gasteiger partial charge in [-0.25, -0.2) is 0 Å². The maximum Gasteiger partial charge on any atom is 0.325 e. The first-order valence-electron chi connectivity index (χ1n) is 12.1. The number of nitrogens with one attached hydrogen (secondary N) is 1. The Hall–Kier alpha value is -1.57. The van der Waals surface area contributed by atoms with Gasteiger partial charge in [0.15, 0.2) is 18.3 Å². The van der Waals surface area contributed by atoms with Crippen LogP contribution in [-0.2, 0) is 23.5 Å². The van der Waals surface area contributed by atoms with Crippen LogP contribution in [0.1, 0.15) is 13.3 Å². The highest BCUT2D eigenvalue weighted by Gasteiger charge is 2.51. The van der Waals surface area contributed by atoms with Gasteiger partial charge in [-0.1, -0.05) is 0 Å². The predicted octanol–water partition coefficient (Wildman–Crippen LogP) is -4.69. The van der Waals surface area contributed by atoms with Gasteiger partial charge in [0.25, 0.3) is 10.9 Å². The minimum absolute atomic E-state index is 0.0425. The molecule has 2 fully saturated rings. The van der Waals surface area contributed by atoms with Gasteiger partial charge in [0, 0.05) is 6.54 Å². The standard InChI is InChI=1S/C21H34NO16P/c1-2-34-18-10(13(26)16(18)29)22-4-5-35-21-19(15(28)12(25)9(7-23)37-21)38-20-17(30)14(27)11(24)8(36-20)3-6-39(31,32)33/h8-9,11-12,14-15,17,19-25,27-28,30H,2-7H2,1H3,(H2,31,32,33). The summed E-state index contributed by atoms with van der Waals surface area (Å²) in [5.41, 5.74) is -1.59. The van der Waals surface area contributed by atoms with Crippen molar-refractivity contribution in [1.82, 2.24) is 0 Å². The number of aliphatic hydroxyl groups excluding tert-OH is 6. The first-order valence-corrected chi connectivity index (χ1v) is 13.9. The Bertz CT molecular complexity index is 1060. The lowest BCUT2D eigenvalue weighted by molar-refractivity contribution is -0.365. The normalized spacial score (nSPS) is 35.7. The van der Waals surface area contributed by atoms with E-state index in [4.69, 9.17) is 33.5 Å². The summed E-state index contributed by atoms with van der Waals surface area (Å²) in [5, 5.41) is 63.9. The van der Waals surface area contributed by atoms with Crippen LogP contribution in [-0.4, -0.2) is 134 Å². The minimum atomic E-state index is -4.49. The molecular formula is C21H34NO16P. The largest absolute Gasteiger partial charge is 0.488 e. The maximum absolute atomic E-state index is 11.7. The SMILES string of the molecule is CCOc1c(NCCOC2OC(CO)C(O)C(O)C2OC2OC(CCP(=O)(O)O)C(O)C(O)C2O)c(=O)c1=O. The van der Waals surface area contributed by atoms with Crippen LogP contribution in [0.4, 0.5) is 5.69 Å². The number of ether oxygens (including phenoxy) is 5. The molecule has 0 radical (unpaired) electrons. The van der Waals surface area contributed by atoms with Gasteiger partial charge in [-0.2, -0.15) is 0 Å². The lowest BCUT2D eigenvalue weighted by Crippen LogP contribution is -2.64. The zero-order valence-corrected chi connectivity index (χ0v) is 21.7. The van der Waals surface area contributed by atoms with Crippen LogP contribution >= 0.6 is 7.60 Å². The molecule has 224 valence electrons. The Morgan fingerprint density at radius 2 is 1.54 bits per heavy atom. The molecule has 2 aliphatic heterocycles. The monoisotopic (exact) mass is 587 g/mol. The summed E-state index contributed by atoms with van der Waals surface area (Å²) in [7, 11) is -4.49. The molecule has 0 aliphatic carbocycles. The van der Waals surface area contributed by atoms with Gasteiger partial charge < -0.3 is 69.4 Å². The second kappa shape index (κ2) is 13.4. The van der Waals surface area contributed by atoms with Crippen molar-refractivity contribution in [2.24, 2.45) is 0 Å². The topological polar surface area (TPSA) is 271 Å². The van der Waals surface area contributed by atoms with Crippen LogP contribution in [0.25, 0.3) is 0 Å². The molecule has 2 aliphatic rings. The summed E-state index contributed by atoms with van der Waals surface area (Å²) in [6.07, 6.45) is -17.6. The van der Waals surface area contributed by atoms with Gasteiger partial charge in [-0.15, -0.1) is 0 Å². The molecular weight excluding hydrogens is 553 g/mol. The molecule has 0 bridgehead atoms. The van der Waals surface area contributed by atoms with Crippen LogP contribution in [0.2, 0.25) is 0 Å². The second-order valence-electron chi connectivity index (χ2n) is 9.09. The fourth-order valence-electron chi connectivity index (χ4n) is 4.22. The minimum Gasteiger partial charge on any atom is -0.488 e. The average Bonchev–Trinajstić information content (AvgIpc) is 2.89. The predicted molar refractivity (Wildman–Crippen MR) is 128 cm³/mol. The van der Waals surface area contributed by atoms with Gasteiger partial charge in [-0.05, 0) is 13.3 Å². The Morgan fingerprint density at radius 3 is 2.15 bits per heavy atom. The average molecular weight is 587 g/mol. The third kappa shape index (κ3) is 7.39. The zero-order chi connectivity index (χ0) is 29.1. The lowest BCUT2D eigenvalue weighted by atomic mass is 9.96. The molecule has 2 heterocycles. The Morgan fingerprint density at radius 1 is 0.897 bits per heavy atom. The van der Waals surface area contributed by atoms with Crippen LogP contribution in [0.5, 0.6) is 5.75 Å². The van der Waals surface area contributed by atoms with Gasteiger partial charge >= 0.3 is 7.60 Å². The van der Waals surface area contributed by atoms with Crippen molar-refractivity contribution in [3.05, 3.63) is 20.4 Å². The molecule has 18 heteroatoms. The molecule has 10 atom stereocenters. The fraction of sp³-hybridized carbons (Fsp3) is 0.810. The number of anilines is 1. The summed E-state index contributed by atoms with van der Waals surface area (Å²) in [4.78, 5) is 41.6. The Kier molecular flexibility index (Phi) is 11.0. The van der Waals surface area contributed by atoms with Crippen molar-refractivity contribution >= 4 is 13.3 Å². The van der Waals surface area contributed by atoms with Gasteiger partial charge in [0.1, 0.15) is 48.4 Å².